The molecule has 0 aliphatic heterocycles. The Balaban J connectivity index is 2.43. The van der Waals surface area contributed by atoms with Crippen LogP contribution in [0.4, 0.5) is 0 Å². The summed E-state index contributed by atoms with van der Waals surface area (Å²) in [5, 5.41) is 0. The summed E-state index contributed by atoms with van der Waals surface area (Å²) in [6.45, 7) is 14.2. The van der Waals surface area contributed by atoms with Crippen molar-refractivity contribution in [3.63, 3.8) is 0 Å². The fourth-order valence-corrected chi connectivity index (χ4v) is 2.30. The van der Waals surface area contributed by atoms with Gasteiger partial charge in [0.15, 0.2) is 16.6 Å². The summed E-state index contributed by atoms with van der Waals surface area (Å²) in [7, 11) is -2.93. The number of furan rings is 1. The minimum Gasteiger partial charge on any atom is -0.461 e. The first-order valence-corrected chi connectivity index (χ1v) is 12.8. The Labute approximate surface area is 106 Å². The van der Waals surface area contributed by atoms with Gasteiger partial charge in [0.25, 0.3) is 0 Å². The van der Waals surface area contributed by atoms with Gasteiger partial charge in [0, 0.05) is 0 Å². The van der Waals surface area contributed by atoms with Gasteiger partial charge in [-0.2, -0.15) is 0 Å². The van der Waals surface area contributed by atoms with Gasteiger partial charge < -0.3 is 13.3 Å². The molecule has 1 rings (SSSR count). The quantitative estimate of drug-likeness (QED) is 0.734. The molecule has 1 heterocycles. The molecule has 0 aliphatic carbocycles. The minimum atomic E-state index is -1.46. The number of rotatable bonds is 6. The Morgan fingerprint density at radius 2 is 1.18 bits per heavy atom. The lowest BCUT2D eigenvalue weighted by Crippen LogP contribution is -2.25. The van der Waals surface area contributed by atoms with Crippen LogP contribution in [-0.4, -0.2) is 16.6 Å². The highest BCUT2D eigenvalue weighted by atomic mass is 28.4. The Morgan fingerprint density at radius 1 is 0.824 bits per heavy atom. The maximum atomic E-state index is 5.79. The van der Waals surface area contributed by atoms with Gasteiger partial charge in [0.2, 0.25) is 0 Å². The van der Waals surface area contributed by atoms with E-state index in [-0.39, 0.29) is 0 Å². The topological polar surface area (TPSA) is 31.6 Å². The van der Waals surface area contributed by atoms with Crippen LogP contribution in [0.15, 0.2) is 16.5 Å². The molecule has 0 aromatic carbocycles. The average Bonchev–Trinajstić information content (AvgIpc) is 2.57. The van der Waals surface area contributed by atoms with Crippen LogP contribution in [-0.2, 0) is 22.1 Å². The highest BCUT2D eigenvalue weighted by molar-refractivity contribution is 6.70. The molecule has 0 fully saturated rings. The lowest BCUT2D eigenvalue weighted by atomic mass is 10.4. The molecule has 0 aliphatic rings. The molecule has 5 heteroatoms. The lowest BCUT2D eigenvalue weighted by molar-refractivity contribution is 0.231. The van der Waals surface area contributed by atoms with Gasteiger partial charge in [-0.25, -0.2) is 0 Å². The van der Waals surface area contributed by atoms with Crippen LogP contribution in [0.1, 0.15) is 11.5 Å². The molecule has 0 bridgehead atoms. The zero-order chi connectivity index (χ0) is 13.1. The predicted octanol–water partition coefficient (Wildman–Crippen LogP) is 3.98. The zero-order valence-corrected chi connectivity index (χ0v) is 13.8. The van der Waals surface area contributed by atoms with Gasteiger partial charge in [0.1, 0.15) is 11.5 Å². The molecule has 0 spiro atoms. The summed E-state index contributed by atoms with van der Waals surface area (Å²) in [5.74, 6) is 1.78. The number of hydrogen-bond acceptors (Lipinski definition) is 3. The van der Waals surface area contributed by atoms with Crippen LogP contribution in [0, 0.1) is 0 Å². The second-order valence-electron chi connectivity index (χ2n) is 6.17. The van der Waals surface area contributed by atoms with Crippen LogP contribution < -0.4 is 0 Å². The maximum absolute atomic E-state index is 5.79. The van der Waals surface area contributed by atoms with Crippen LogP contribution >= 0.6 is 0 Å². The summed E-state index contributed by atoms with van der Waals surface area (Å²) in [6, 6.07) is 3.95. The molecule has 0 N–H and O–H groups in total. The van der Waals surface area contributed by atoms with Gasteiger partial charge in [-0.3, -0.25) is 0 Å². The Kier molecular flexibility index (Phi) is 4.77. The van der Waals surface area contributed by atoms with Crippen LogP contribution in [0.5, 0.6) is 0 Å². The summed E-state index contributed by atoms with van der Waals surface area (Å²) < 4.78 is 17.2. The summed E-state index contributed by atoms with van der Waals surface area (Å²) >= 11 is 0. The molecule has 0 saturated heterocycles. The minimum absolute atomic E-state index is 0.572. The van der Waals surface area contributed by atoms with E-state index in [1.807, 2.05) is 12.1 Å². The molecule has 0 radical (unpaired) electrons. The number of hydrogen-bond donors (Lipinski definition) is 0. The molecular formula is C12H24O3Si2. The van der Waals surface area contributed by atoms with Crippen molar-refractivity contribution in [1.29, 1.82) is 0 Å². The van der Waals surface area contributed by atoms with Crippen LogP contribution in [0.2, 0.25) is 39.3 Å². The molecule has 98 valence electrons. The first-order chi connectivity index (χ1) is 7.66. The Morgan fingerprint density at radius 3 is 1.47 bits per heavy atom. The summed E-state index contributed by atoms with van der Waals surface area (Å²) in [5.41, 5.74) is 0. The molecule has 0 atom stereocenters. The SMILES string of the molecule is C[Si](C)(C)OCc1ccc(CO[Si](C)(C)C)o1. The van der Waals surface area contributed by atoms with Crippen molar-refractivity contribution < 1.29 is 13.3 Å². The van der Waals surface area contributed by atoms with E-state index in [9.17, 15) is 0 Å². The normalized spacial score (nSPS) is 13.1. The van der Waals surface area contributed by atoms with Crippen LogP contribution in [0.3, 0.4) is 0 Å². The standard InChI is InChI=1S/C12H24O3Si2/c1-16(2,3)13-9-11-7-8-12(15-11)10-14-17(4,5)6/h7-8H,9-10H2,1-6H3. The van der Waals surface area contributed by atoms with E-state index in [0.29, 0.717) is 13.2 Å². The second kappa shape index (κ2) is 5.52. The molecule has 17 heavy (non-hydrogen) atoms. The van der Waals surface area contributed by atoms with Crippen molar-refractivity contribution in [3.05, 3.63) is 23.7 Å². The highest BCUT2D eigenvalue weighted by Gasteiger charge is 2.17. The van der Waals surface area contributed by atoms with E-state index in [0.717, 1.165) is 11.5 Å². The first kappa shape index (κ1) is 14.7. The van der Waals surface area contributed by atoms with Gasteiger partial charge in [-0.15, -0.1) is 0 Å². The molecule has 3 nitrogen and oxygen atoms in total. The van der Waals surface area contributed by atoms with Gasteiger partial charge in [-0.1, -0.05) is 0 Å². The maximum Gasteiger partial charge on any atom is 0.184 e. The molecule has 0 unspecified atom stereocenters. The van der Waals surface area contributed by atoms with Crippen molar-refractivity contribution in [3.8, 4) is 0 Å². The van der Waals surface area contributed by atoms with E-state index in [2.05, 4.69) is 39.3 Å². The van der Waals surface area contributed by atoms with Gasteiger partial charge >= 0.3 is 0 Å². The van der Waals surface area contributed by atoms with Crippen molar-refractivity contribution >= 4 is 16.6 Å². The monoisotopic (exact) mass is 272 g/mol. The smallest absolute Gasteiger partial charge is 0.184 e. The molecule has 1 aromatic heterocycles. The molecule has 0 saturated carbocycles. The Hall–Kier alpha value is -0.366. The third-order valence-corrected chi connectivity index (χ3v) is 4.03. The molecule has 0 amide bonds. The van der Waals surface area contributed by atoms with E-state index in [1.165, 1.54) is 0 Å². The van der Waals surface area contributed by atoms with E-state index in [1.54, 1.807) is 0 Å². The Bertz CT molecular complexity index is 315. The third-order valence-electron chi connectivity index (χ3n) is 2.01. The fourth-order valence-electron chi connectivity index (χ4n) is 1.15. The van der Waals surface area contributed by atoms with Crippen molar-refractivity contribution in [2.75, 3.05) is 0 Å². The summed E-state index contributed by atoms with van der Waals surface area (Å²) in [6.07, 6.45) is 0. The van der Waals surface area contributed by atoms with E-state index in [4.69, 9.17) is 13.3 Å². The largest absolute Gasteiger partial charge is 0.461 e. The first-order valence-electron chi connectivity index (χ1n) is 6.01. The zero-order valence-electron chi connectivity index (χ0n) is 11.8. The summed E-state index contributed by atoms with van der Waals surface area (Å²) in [4.78, 5) is 0. The van der Waals surface area contributed by atoms with E-state index >= 15 is 0 Å². The third kappa shape index (κ3) is 6.83. The fraction of sp³-hybridized carbons (Fsp3) is 0.667. The van der Waals surface area contributed by atoms with Crippen molar-refractivity contribution in [2.24, 2.45) is 0 Å². The van der Waals surface area contributed by atoms with Crippen molar-refractivity contribution in [1.82, 2.24) is 0 Å². The van der Waals surface area contributed by atoms with Crippen molar-refractivity contribution in [2.45, 2.75) is 52.5 Å². The lowest BCUT2D eigenvalue weighted by Gasteiger charge is -2.16. The molecular weight excluding hydrogens is 248 g/mol. The highest BCUT2D eigenvalue weighted by Crippen LogP contribution is 2.15. The van der Waals surface area contributed by atoms with Crippen LogP contribution in [0.25, 0.3) is 0 Å². The predicted molar refractivity (Wildman–Crippen MR) is 75.0 cm³/mol. The van der Waals surface area contributed by atoms with Gasteiger partial charge in [-0.05, 0) is 51.4 Å². The second-order valence-corrected chi connectivity index (χ2v) is 15.2. The average molecular weight is 272 g/mol. The molecule has 1 aromatic rings. The van der Waals surface area contributed by atoms with E-state index < -0.39 is 16.6 Å². The van der Waals surface area contributed by atoms with Gasteiger partial charge in [0.05, 0.1) is 13.2 Å².